The lowest BCUT2D eigenvalue weighted by molar-refractivity contribution is -0.384. The Labute approximate surface area is 141 Å². The number of anilines is 1. The van der Waals surface area contributed by atoms with Gasteiger partial charge in [0.15, 0.2) is 0 Å². The minimum Gasteiger partial charge on any atom is -0.388 e. The van der Waals surface area contributed by atoms with Gasteiger partial charge in [0.25, 0.3) is 5.69 Å². The molecule has 0 aliphatic rings. The number of nitro benzene ring substituents is 1. The number of nitrogens with zero attached hydrogens (tertiary/aromatic N) is 1. The lowest BCUT2D eigenvalue weighted by Gasteiger charge is -2.18. The molecule has 0 radical (unpaired) electrons. The largest absolute Gasteiger partial charge is 0.388 e. The quantitative estimate of drug-likeness (QED) is 0.511. The van der Waals surface area contributed by atoms with Crippen LogP contribution in [-0.4, -0.2) is 23.1 Å². The summed E-state index contributed by atoms with van der Waals surface area (Å²) in [4.78, 5) is 10.7. The molecule has 0 heterocycles. The Hall–Kier alpha value is -2.44. The van der Waals surface area contributed by atoms with Gasteiger partial charge in [-0.2, -0.15) is 0 Å². The number of benzene rings is 2. The van der Waals surface area contributed by atoms with Gasteiger partial charge in [-0.15, -0.1) is 0 Å². The molecule has 0 saturated heterocycles. The maximum atomic E-state index is 11.1. The Kier molecular flexibility index (Phi) is 6.28. The molecule has 0 aliphatic carbocycles. The number of rotatable bonds is 8. The highest BCUT2D eigenvalue weighted by molar-refractivity contribution is 5.62. The van der Waals surface area contributed by atoms with Crippen LogP contribution in [0, 0.1) is 10.1 Å². The molecule has 3 N–H and O–H groups in total. The van der Waals surface area contributed by atoms with Gasteiger partial charge in [0, 0.05) is 25.7 Å². The van der Waals surface area contributed by atoms with Gasteiger partial charge in [0.05, 0.1) is 11.0 Å². The molecule has 2 aromatic rings. The van der Waals surface area contributed by atoms with Gasteiger partial charge in [-0.05, 0) is 30.5 Å². The molecule has 0 amide bonds. The van der Waals surface area contributed by atoms with Crippen molar-refractivity contribution in [3.05, 3.63) is 69.8 Å². The summed E-state index contributed by atoms with van der Waals surface area (Å²) in [5, 5.41) is 27.4. The van der Waals surface area contributed by atoms with Crippen LogP contribution >= 0.6 is 0 Å². The second kappa shape index (κ2) is 8.42. The fraction of sp³-hybridized carbons (Fsp3) is 0.333. The van der Waals surface area contributed by atoms with Crippen molar-refractivity contribution in [2.45, 2.75) is 32.0 Å². The van der Waals surface area contributed by atoms with E-state index in [1.165, 1.54) is 0 Å². The number of hydrogen-bond acceptors (Lipinski definition) is 5. The summed E-state index contributed by atoms with van der Waals surface area (Å²) in [5.74, 6) is 0. The maximum Gasteiger partial charge on any atom is 0.292 e. The van der Waals surface area contributed by atoms with Gasteiger partial charge < -0.3 is 15.7 Å². The highest BCUT2D eigenvalue weighted by atomic mass is 16.6. The van der Waals surface area contributed by atoms with Crippen LogP contribution < -0.4 is 10.6 Å². The number of hydrogen-bond donors (Lipinski definition) is 3. The molecule has 6 nitrogen and oxygen atoms in total. The van der Waals surface area contributed by atoms with Crippen molar-refractivity contribution in [1.82, 2.24) is 5.32 Å². The monoisotopic (exact) mass is 329 g/mol. The molecular weight excluding hydrogens is 306 g/mol. The zero-order valence-electron chi connectivity index (χ0n) is 13.9. The van der Waals surface area contributed by atoms with E-state index in [0.717, 1.165) is 11.1 Å². The molecule has 0 spiro atoms. The summed E-state index contributed by atoms with van der Waals surface area (Å²) in [6.45, 7) is 2.50. The Morgan fingerprint density at radius 1 is 1.21 bits per heavy atom. The standard InChI is InChI=1S/C18H23N3O3/c1-13(10-18(22)15-6-4-3-5-7-15)20-12-14-8-9-16(19-2)17(11-14)21(23)24/h3-9,11,13,18-20,22H,10,12H2,1-2H3. The van der Waals surface area contributed by atoms with Gasteiger partial charge in [0.2, 0.25) is 0 Å². The van der Waals surface area contributed by atoms with Crippen molar-refractivity contribution < 1.29 is 10.0 Å². The van der Waals surface area contributed by atoms with E-state index in [4.69, 9.17) is 0 Å². The van der Waals surface area contributed by atoms with Crippen LogP contribution in [0.1, 0.15) is 30.6 Å². The third-order valence-corrected chi connectivity index (χ3v) is 3.94. The van der Waals surface area contributed by atoms with Crippen molar-refractivity contribution >= 4 is 11.4 Å². The average Bonchev–Trinajstić information content (AvgIpc) is 2.60. The van der Waals surface area contributed by atoms with Gasteiger partial charge in [-0.3, -0.25) is 10.1 Å². The summed E-state index contributed by atoms with van der Waals surface area (Å²) >= 11 is 0. The first-order valence-electron chi connectivity index (χ1n) is 7.92. The summed E-state index contributed by atoms with van der Waals surface area (Å²) in [6.07, 6.45) is 0.0375. The fourth-order valence-corrected chi connectivity index (χ4v) is 2.57. The Morgan fingerprint density at radius 2 is 1.92 bits per heavy atom. The van der Waals surface area contributed by atoms with E-state index in [2.05, 4.69) is 10.6 Å². The van der Waals surface area contributed by atoms with Gasteiger partial charge in [-0.1, -0.05) is 36.4 Å². The molecule has 24 heavy (non-hydrogen) atoms. The Morgan fingerprint density at radius 3 is 2.54 bits per heavy atom. The molecule has 0 bridgehead atoms. The highest BCUT2D eigenvalue weighted by Gasteiger charge is 2.15. The molecule has 2 unspecified atom stereocenters. The zero-order chi connectivity index (χ0) is 17.5. The van der Waals surface area contributed by atoms with E-state index in [-0.39, 0.29) is 11.7 Å². The first kappa shape index (κ1) is 17.9. The van der Waals surface area contributed by atoms with Crippen molar-refractivity contribution in [1.29, 1.82) is 0 Å². The van der Waals surface area contributed by atoms with Crippen LogP contribution in [-0.2, 0) is 6.54 Å². The summed E-state index contributed by atoms with van der Waals surface area (Å²) in [7, 11) is 1.66. The van der Waals surface area contributed by atoms with E-state index in [1.807, 2.05) is 43.3 Å². The Bertz CT molecular complexity index is 676. The number of nitrogens with one attached hydrogen (secondary N) is 2. The lowest BCUT2D eigenvalue weighted by Crippen LogP contribution is -2.27. The molecule has 6 heteroatoms. The molecule has 0 aromatic heterocycles. The predicted octanol–water partition coefficient (Wildman–Crippen LogP) is 3.24. The summed E-state index contributed by atoms with van der Waals surface area (Å²) in [5.41, 5.74) is 2.28. The first-order valence-corrected chi connectivity index (χ1v) is 7.92. The van der Waals surface area contributed by atoms with E-state index in [1.54, 1.807) is 19.2 Å². The van der Waals surface area contributed by atoms with E-state index >= 15 is 0 Å². The maximum absolute atomic E-state index is 11.1. The summed E-state index contributed by atoms with van der Waals surface area (Å²) < 4.78 is 0. The second-order valence-electron chi connectivity index (χ2n) is 5.80. The molecule has 2 aromatic carbocycles. The van der Waals surface area contributed by atoms with Gasteiger partial charge in [0.1, 0.15) is 5.69 Å². The molecule has 2 atom stereocenters. The van der Waals surface area contributed by atoms with Crippen molar-refractivity contribution in [3.63, 3.8) is 0 Å². The number of aliphatic hydroxyl groups is 1. The minimum absolute atomic E-state index is 0.0637. The minimum atomic E-state index is -0.533. The molecular formula is C18H23N3O3. The predicted molar refractivity (Wildman–Crippen MR) is 95.0 cm³/mol. The van der Waals surface area contributed by atoms with Crippen LogP contribution in [0.4, 0.5) is 11.4 Å². The van der Waals surface area contributed by atoms with Crippen LogP contribution in [0.25, 0.3) is 0 Å². The van der Waals surface area contributed by atoms with Crippen molar-refractivity contribution in [2.24, 2.45) is 0 Å². The number of nitro groups is 1. The van der Waals surface area contributed by atoms with Crippen LogP contribution in [0.2, 0.25) is 0 Å². The number of aliphatic hydroxyl groups excluding tert-OH is 1. The van der Waals surface area contributed by atoms with Crippen molar-refractivity contribution in [2.75, 3.05) is 12.4 Å². The van der Waals surface area contributed by atoms with E-state index < -0.39 is 11.0 Å². The normalized spacial score (nSPS) is 13.3. The van der Waals surface area contributed by atoms with E-state index in [9.17, 15) is 15.2 Å². The third-order valence-electron chi connectivity index (χ3n) is 3.94. The molecule has 128 valence electrons. The molecule has 0 fully saturated rings. The molecule has 2 rings (SSSR count). The lowest BCUT2D eigenvalue weighted by atomic mass is 10.0. The Balaban J connectivity index is 1.93. The zero-order valence-corrected chi connectivity index (χ0v) is 13.9. The topological polar surface area (TPSA) is 87.4 Å². The fourth-order valence-electron chi connectivity index (χ4n) is 2.57. The smallest absolute Gasteiger partial charge is 0.292 e. The van der Waals surface area contributed by atoms with Crippen LogP contribution in [0.3, 0.4) is 0 Å². The van der Waals surface area contributed by atoms with Gasteiger partial charge in [-0.25, -0.2) is 0 Å². The summed E-state index contributed by atoms with van der Waals surface area (Å²) in [6, 6.07) is 14.7. The van der Waals surface area contributed by atoms with Gasteiger partial charge >= 0.3 is 0 Å². The first-order chi connectivity index (χ1) is 11.5. The van der Waals surface area contributed by atoms with E-state index in [0.29, 0.717) is 18.7 Å². The average molecular weight is 329 g/mol. The molecule has 0 aliphatic heterocycles. The second-order valence-corrected chi connectivity index (χ2v) is 5.80. The van der Waals surface area contributed by atoms with Crippen molar-refractivity contribution in [3.8, 4) is 0 Å². The van der Waals surface area contributed by atoms with Crippen LogP contribution in [0.5, 0.6) is 0 Å². The molecule has 0 saturated carbocycles. The van der Waals surface area contributed by atoms with Crippen LogP contribution in [0.15, 0.2) is 48.5 Å². The SMILES string of the molecule is CNc1ccc(CNC(C)CC(O)c2ccccc2)cc1[N+](=O)[O-]. The highest BCUT2D eigenvalue weighted by Crippen LogP contribution is 2.25. The third kappa shape index (κ3) is 4.78.